The molecule has 4 nitrogen and oxygen atoms in total. The highest BCUT2D eigenvalue weighted by Crippen LogP contribution is 2.27. The van der Waals surface area contributed by atoms with Gasteiger partial charge in [0.1, 0.15) is 0 Å². The van der Waals surface area contributed by atoms with Gasteiger partial charge >= 0.3 is 6.18 Å². The second-order valence-corrected chi connectivity index (χ2v) is 4.29. The van der Waals surface area contributed by atoms with Gasteiger partial charge in [0.25, 0.3) is 0 Å². The van der Waals surface area contributed by atoms with Crippen molar-refractivity contribution in [2.45, 2.75) is 12.5 Å². The number of benzene rings is 1. The van der Waals surface area contributed by atoms with E-state index in [1.54, 1.807) is 0 Å². The first-order chi connectivity index (χ1) is 9.48. The molecule has 0 radical (unpaired) electrons. The van der Waals surface area contributed by atoms with Crippen LogP contribution in [0, 0.1) is 0 Å². The zero-order valence-electron chi connectivity index (χ0n) is 10.2. The summed E-state index contributed by atoms with van der Waals surface area (Å²) in [5, 5.41) is 3.08. The van der Waals surface area contributed by atoms with Gasteiger partial charge < -0.3 is 14.3 Å². The smallest absolute Gasteiger partial charge is 0.390 e. The number of rotatable bonds is 4. The van der Waals surface area contributed by atoms with Crippen molar-refractivity contribution in [3.8, 4) is 0 Å². The van der Waals surface area contributed by atoms with Crippen molar-refractivity contribution in [3.05, 3.63) is 34.9 Å². The molecule has 0 aliphatic carbocycles. The average molecular weight is 310 g/mol. The van der Waals surface area contributed by atoms with Crippen molar-refractivity contribution in [3.63, 3.8) is 0 Å². The summed E-state index contributed by atoms with van der Waals surface area (Å²) in [6, 6.07) is 5.54. The van der Waals surface area contributed by atoms with Gasteiger partial charge in [-0.25, -0.2) is 0 Å². The topological polar surface area (TPSA) is 40.0 Å². The van der Waals surface area contributed by atoms with E-state index >= 15 is 0 Å². The quantitative estimate of drug-likeness (QED) is 0.634. The Hall–Kier alpha value is -1.31. The minimum atomic E-state index is -4.68. The van der Waals surface area contributed by atoms with Gasteiger partial charge in [-0.1, -0.05) is 35.0 Å². The number of hydrogen-bond donors (Lipinski definition) is 0. The highest BCUT2D eigenvalue weighted by Gasteiger charge is 2.39. The molecule has 0 unspecified atom stereocenters. The van der Waals surface area contributed by atoms with Crippen LogP contribution in [0.15, 0.2) is 29.4 Å². The summed E-state index contributed by atoms with van der Waals surface area (Å²) >= 11 is 5.75. The van der Waals surface area contributed by atoms with Crippen LogP contribution >= 0.6 is 11.6 Å². The Kier molecular flexibility index (Phi) is 4.85. The highest BCUT2D eigenvalue weighted by molar-refractivity contribution is 6.34. The van der Waals surface area contributed by atoms with E-state index in [4.69, 9.17) is 21.1 Å². The summed E-state index contributed by atoms with van der Waals surface area (Å²) < 4.78 is 48.9. The number of oxime groups is 1. The van der Waals surface area contributed by atoms with Gasteiger partial charge in [-0.05, 0) is 6.07 Å². The van der Waals surface area contributed by atoms with Gasteiger partial charge in [-0.2, -0.15) is 13.2 Å². The van der Waals surface area contributed by atoms with Crippen LogP contribution in [0.3, 0.4) is 0 Å². The lowest BCUT2D eigenvalue weighted by atomic mass is 10.1. The molecule has 0 amide bonds. The van der Waals surface area contributed by atoms with E-state index in [9.17, 15) is 13.2 Å². The van der Waals surface area contributed by atoms with Crippen molar-refractivity contribution in [2.75, 3.05) is 19.8 Å². The normalized spacial score (nSPS) is 17.5. The lowest BCUT2D eigenvalue weighted by Gasteiger charge is -2.12. The molecule has 1 fully saturated rings. The molecule has 1 aromatic carbocycles. The van der Waals surface area contributed by atoms with Crippen molar-refractivity contribution in [1.82, 2.24) is 0 Å². The molecule has 0 spiro atoms. The van der Waals surface area contributed by atoms with Crippen molar-refractivity contribution >= 4 is 17.3 Å². The largest absolute Gasteiger partial charge is 0.437 e. The van der Waals surface area contributed by atoms with Gasteiger partial charge in [-0.15, -0.1) is 0 Å². The molecule has 1 heterocycles. The third-order valence-electron chi connectivity index (χ3n) is 2.45. The first-order valence-corrected chi connectivity index (χ1v) is 6.11. The molecule has 1 saturated heterocycles. The number of nitrogens with zero attached hydrogens (tertiary/aromatic N) is 1. The van der Waals surface area contributed by atoms with Crippen molar-refractivity contribution in [2.24, 2.45) is 5.16 Å². The first kappa shape index (κ1) is 15.1. The van der Waals surface area contributed by atoms with Crippen LogP contribution in [0.25, 0.3) is 0 Å². The minimum absolute atomic E-state index is 0.0551. The minimum Gasteiger partial charge on any atom is -0.390 e. The Morgan fingerprint density at radius 2 is 1.95 bits per heavy atom. The predicted octanol–water partition coefficient (Wildman–Crippen LogP) is 3.00. The Morgan fingerprint density at radius 1 is 1.30 bits per heavy atom. The van der Waals surface area contributed by atoms with Crippen LogP contribution in [0.5, 0.6) is 0 Å². The number of halogens is 4. The fraction of sp³-hybridized carbons (Fsp3) is 0.417. The standard InChI is InChI=1S/C12H11ClF3NO3/c13-9-4-2-1-3-8(9)11(12(14,15)16)17-20-7-10-18-5-6-19-10/h1-4,10H,5-7H2/b17-11-. The molecule has 0 N–H and O–H groups in total. The van der Waals surface area contributed by atoms with Gasteiger partial charge in [0.15, 0.2) is 18.6 Å². The third-order valence-corrected chi connectivity index (χ3v) is 2.78. The fourth-order valence-electron chi connectivity index (χ4n) is 1.57. The van der Waals surface area contributed by atoms with Crippen molar-refractivity contribution in [1.29, 1.82) is 0 Å². The predicted molar refractivity (Wildman–Crippen MR) is 65.7 cm³/mol. The van der Waals surface area contributed by atoms with Gasteiger partial charge in [-0.3, -0.25) is 0 Å². The van der Waals surface area contributed by atoms with Crippen LogP contribution in [0.2, 0.25) is 5.02 Å². The summed E-state index contributed by atoms with van der Waals surface area (Å²) in [4.78, 5) is 4.67. The van der Waals surface area contributed by atoms with Gasteiger partial charge in [0, 0.05) is 5.56 Å². The molecule has 0 saturated carbocycles. The van der Waals surface area contributed by atoms with Gasteiger partial charge in [0.2, 0.25) is 0 Å². The van der Waals surface area contributed by atoms with E-state index in [1.165, 1.54) is 24.3 Å². The number of alkyl halides is 3. The maximum atomic E-state index is 13.0. The summed E-state index contributed by atoms with van der Waals surface area (Å²) in [7, 11) is 0. The Labute approximate surface area is 118 Å². The van der Waals surface area contributed by atoms with Crippen LogP contribution in [0.1, 0.15) is 5.56 Å². The molecule has 20 heavy (non-hydrogen) atoms. The molecule has 1 aromatic rings. The Morgan fingerprint density at radius 3 is 2.55 bits per heavy atom. The Bertz CT molecular complexity index is 487. The van der Waals surface area contributed by atoms with Crippen molar-refractivity contribution < 1.29 is 27.5 Å². The van der Waals surface area contributed by atoms with E-state index in [1.807, 2.05) is 0 Å². The maximum absolute atomic E-state index is 13.0. The zero-order valence-corrected chi connectivity index (χ0v) is 10.9. The van der Waals surface area contributed by atoms with E-state index in [0.717, 1.165) is 0 Å². The molecule has 0 bridgehead atoms. The molecular weight excluding hydrogens is 299 g/mol. The molecule has 1 aliphatic rings. The van der Waals surface area contributed by atoms with Crippen LogP contribution < -0.4 is 0 Å². The number of ether oxygens (including phenoxy) is 2. The lowest BCUT2D eigenvalue weighted by Crippen LogP contribution is -2.25. The SMILES string of the molecule is FC(F)(F)/C(=N\OCC1OCCO1)c1ccccc1Cl. The summed E-state index contributed by atoms with van der Waals surface area (Å²) in [5.41, 5.74) is -1.43. The highest BCUT2D eigenvalue weighted by atomic mass is 35.5. The summed E-state index contributed by atoms with van der Waals surface area (Å²) in [6.07, 6.45) is -5.37. The average Bonchev–Trinajstić information content (AvgIpc) is 2.88. The van der Waals surface area contributed by atoms with E-state index in [2.05, 4.69) is 9.99 Å². The van der Waals surface area contributed by atoms with E-state index < -0.39 is 18.2 Å². The maximum Gasteiger partial charge on any atom is 0.437 e. The molecule has 0 aromatic heterocycles. The third kappa shape index (κ3) is 3.84. The Balaban J connectivity index is 2.13. The molecule has 0 atom stereocenters. The monoisotopic (exact) mass is 309 g/mol. The second-order valence-electron chi connectivity index (χ2n) is 3.88. The summed E-state index contributed by atoms with van der Waals surface area (Å²) in [6.45, 7) is 0.548. The number of hydrogen-bond acceptors (Lipinski definition) is 4. The second kappa shape index (κ2) is 6.43. The van der Waals surface area contributed by atoms with Gasteiger partial charge in [0.05, 0.1) is 18.2 Å². The van der Waals surface area contributed by atoms with Crippen LogP contribution in [-0.4, -0.2) is 38.0 Å². The molecule has 1 aliphatic heterocycles. The fourth-order valence-corrected chi connectivity index (χ4v) is 1.80. The molecule has 2 rings (SSSR count). The molecule has 110 valence electrons. The van der Waals surface area contributed by atoms with Crippen LogP contribution in [0.4, 0.5) is 13.2 Å². The zero-order chi connectivity index (χ0) is 14.6. The summed E-state index contributed by atoms with van der Waals surface area (Å²) in [5.74, 6) is 0. The van der Waals surface area contributed by atoms with Crippen LogP contribution in [-0.2, 0) is 14.3 Å². The lowest BCUT2D eigenvalue weighted by molar-refractivity contribution is -0.0979. The molecular formula is C12H11ClF3NO3. The van der Waals surface area contributed by atoms with E-state index in [0.29, 0.717) is 13.2 Å². The molecule has 8 heteroatoms. The first-order valence-electron chi connectivity index (χ1n) is 5.74. The van der Waals surface area contributed by atoms with E-state index in [-0.39, 0.29) is 17.2 Å².